The quantitative estimate of drug-likeness (QED) is 0.730. The molecule has 0 radical (unpaired) electrons. The van der Waals surface area contributed by atoms with Crippen LogP contribution in [0.25, 0.3) is 0 Å². The first-order valence-corrected chi connectivity index (χ1v) is 5.08. The van der Waals surface area contributed by atoms with E-state index in [0.717, 1.165) is 20.4 Å². The first-order chi connectivity index (χ1) is 5.66. The summed E-state index contributed by atoms with van der Waals surface area (Å²) in [7, 11) is 0. The van der Waals surface area contributed by atoms with Gasteiger partial charge in [0.25, 0.3) is 0 Å². The summed E-state index contributed by atoms with van der Waals surface area (Å²) in [5.74, 6) is 1.58. The highest BCUT2D eigenvalue weighted by Gasteiger charge is 2.21. The fourth-order valence-electron chi connectivity index (χ4n) is 1.08. The van der Waals surface area contributed by atoms with Gasteiger partial charge in [-0.05, 0) is 44.0 Å². The second kappa shape index (κ2) is 2.92. The molecule has 0 unspecified atom stereocenters. The van der Waals surface area contributed by atoms with Crippen LogP contribution in [-0.4, -0.2) is 6.29 Å². The molecule has 1 aliphatic heterocycles. The molecular weight excluding hydrogens is 288 g/mol. The summed E-state index contributed by atoms with van der Waals surface area (Å²) in [4.78, 5) is 0. The largest absolute Gasteiger partial charge is 0.451 e. The van der Waals surface area contributed by atoms with E-state index in [1.807, 2.05) is 19.1 Å². The summed E-state index contributed by atoms with van der Waals surface area (Å²) in [6, 6.07) is 3.78. The molecule has 0 atom stereocenters. The molecule has 1 aromatic rings. The number of hydrogen-bond acceptors (Lipinski definition) is 2. The van der Waals surface area contributed by atoms with Crippen molar-refractivity contribution < 1.29 is 9.47 Å². The Bertz CT molecular complexity index is 294. The zero-order valence-corrected chi connectivity index (χ0v) is 9.48. The second-order valence-corrected chi connectivity index (χ2v) is 4.23. The summed E-state index contributed by atoms with van der Waals surface area (Å²) >= 11 is 6.77. The molecule has 0 N–H and O–H groups in total. The molecule has 12 heavy (non-hydrogen) atoms. The first kappa shape index (κ1) is 8.38. The van der Waals surface area contributed by atoms with Crippen LogP contribution in [0.5, 0.6) is 11.5 Å². The van der Waals surface area contributed by atoms with Crippen molar-refractivity contribution in [3.8, 4) is 11.5 Å². The SMILES string of the molecule is CC1Oc2cc(Br)c(Br)cc2O1. The van der Waals surface area contributed by atoms with Crippen molar-refractivity contribution in [3.05, 3.63) is 21.1 Å². The Labute approximate surface area is 87.1 Å². The van der Waals surface area contributed by atoms with Crippen LogP contribution in [0.3, 0.4) is 0 Å². The fourth-order valence-corrected chi connectivity index (χ4v) is 1.72. The number of ether oxygens (including phenoxy) is 2. The van der Waals surface area contributed by atoms with Crippen molar-refractivity contribution in [1.29, 1.82) is 0 Å². The van der Waals surface area contributed by atoms with E-state index >= 15 is 0 Å². The Balaban J connectivity index is 2.48. The third-order valence-corrected chi connectivity index (χ3v) is 3.42. The lowest BCUT2D eigenvalue weighted by Crippen LogP contribution is -2.11. The predicted octanol–water partition coefficient (Wildman–Crippen LogP) is 3.33. The Morgan fingerprint density at radius 3 is 1.92 bits per heavy atom. The summed E-state index contributed by atoms with van der Waals surface area (Å²) in [5.41, 5.74) is 0. The van der Waals surface area contributed by atoms with Crippen LogP contribution in [0.4, 0.5) is 0 Å². The minimum atomic E-state index is -0.179. The number of fused-ring (bicyclic) bond motifs is 1. The molecule has 64 valence electrons. The lowest BCUT2D eigenvalue weighted by atomic mass is 10.3. The van der Waals surface area contributed by atoms with E-state index in [9.17, 15) is 0 Å². The minimum absolute atomic E-state index is 0.179. The average Bonchev–Trinajstić information content (AvgIpc) is 2.30. The van der Waals surface area contributed by atoms with Gasteiger partial charge in [0.15, 0.2) is 11.5 Å². The third kappa shape index (κ3) is 1.33. The van der Waals surface area contributed by atoms with Crippen LogP contribution in [0.2, 0.25) is 0 Å². The van der Waals surface area contributed by atoms with E-state index < -0.39 is 0 Å². The van der Waals surface area contributed by atoms with Gasteiger partial charge in [-0.3, -0.25) is 0 Å². The highest BCUT2D eigenvalue weighted by Crippen LogP contribution is 2.40. The van der Waals surface area contributed by atoms with E-state index in [4.69, 9.17) is 9.47 Å². The summed E-state index contributed by atoms with van der Waals surface area (Å²) in [6.45, 7) is 1.86. The lowest BCUT2D eigenvalue weighted by molar-refractivity contribution is 0.0678. The molecule has 2 nitrogen and oxygen atoms in total. The highest BCUT2D eigenvalue weighted by molar-refractivity contribution is 9.13. The molecule has 0 saturated carbocycles. The van der Waals surface area contributed by atoms with Gasteiger partial charge >= 0.3 is 0 Å². The van der Waals surface area contributed by atoms with Gasteiger partial charge in [-0.25, -0.2) is 0 Å². The summed E-state index contributed by atoms with van der Waals surface area (Å²) in [5, 5.41) is 0. The maximum absolute atomic E-state index is 5.37. The van der Waals surface area contributed by atoms with Crippen LogP contribution in [-0.2, 0) is 0 Å². The van der Waals surface area contributed by atoms with Crippen molar-refractivity contribution in [2.45, 2.75) is 13.2 Å². The maximum Gasteiger partial charge on any atom is 0.238 e. The summed E-state index contributed by atoms with van der Waals surface area (Å²) in [6.07, 6.45) is -0.179. The molecule has 1 aromatic carbocycles. The van der Waals surface area contributed by atoms with E-state index in [1.54, 1.807) is 0 Å². The van der Waals surface area contributed by atoms with Crippen LogP contribution in [0.15, 0.2) is 21.1 Å². The normalized spacial score (nSPS) is 15.2. The number of halogens is 2. The molecular formula is C8H6Br2O2. The molecule has 0 spiro atoms. The van der Waals surface area contributed by atoms with Gasteiger partial charge in [-0.2, -0.15) is 0 Å². The summed E-state index contributed by atoms with van der Waals surface area (Å²) < 4.78 is 12.7. The smallest absolute Gasteiger partial charge is 0.238 e. The van der Waals surface area contributed by atoms with Gasteiger partial charge in [0.2, 0.25) is 6.29 Å². The van der Waals surface area contributed by atoms with Gasteiger partial charge in [-0.1, -0.05) is 0 Å². The number of rotatable bonds is 0. The topological polar surface area (TPSA) is 18.5 Å². The lowest BCUT2D eigenvalue weighted by Gasteiger charge is -1.99. The molecule has 0 amide bonds. The standard InChI is InChI=1S/C8H6Br2O2/c1-4-11-7-2-5(9)6(10)3-8(7)12-4/h2-4H,1H3. The second-order valence-electron chi connectivity index (χ2n) is 2.52. The number of benzene rings is 1. The molecule has 1 aliphatic rings. The molecule has 0 fully saturated rings. The van der Waals surface area contributed by atoms with Crippen molar-refractivity contribution in [3.63, 3.8) is 0 Å². The van der Waals surface area contributed by atoms with Gasteiger partial charge in [-0.15, -0.1) is 0 Å². The average molecular weight is 294 g/mol. The Kier molecular flexibility index (Phi) is 2.04. The molecule has 4 heteroatoms. The van der Waals surface area contributed by atoms with Crippen LogP contribution in [0.1, 0.15) is 6.92 Å². The van der Waals surface area contributed by atoms with Crippen molar-refractivity contribution >= 4 is 31.9 Å². The Morgan fingerprint density at radius 2 is 1.50 bits per heavy atom. The fraction of sp³-hybridized carbons (Fsp3) is 0.250. The van der Waals surface area contributed by atoms with E-state index in [2.05, 4.69) is 31.9 Å². The molecule has 0 aliphatic carbocycles. The van der Waals surface area contributed by atoms with Gasteiger partial charge in [0.1, 0.15) is 0 Å². The molecule has 1 heterocycles. The van der Waals surface area contributed by atoms with Crippen LogP contribution < -0.4 is 9.47 Å². The highest BCUT2D eigenvalue weighted by atomic mass is 79.9. The number of hydrogen-bond donors (Lipinski definition) is 0. The molecule has 0 saturated heterocycles. The van der Waals surface area contributed by atoms with Gasteiger partial charge < -0.3 is 9.47 Å². The monoisotopic (exact) mass is 292 g/mol. The van der Waals surface area contributed by atoms with Gasteiger partial charge in [0, 0.05) is 15.9 Å². The molecule has 0 aromatic heterocycles. The third-order valence-electron chi connectivity index (χ3n) is 1.57. The van der Waals surface area contributed by atoms with E-state index in [0.29, 0.717) is 0 Å². The van der Waals surface area contributed by atoms with Crippen molar-refractivity contribution in [2.24, 2.45) is 0 Å². The Morgan fingerprint density at radius 1 is 1.08 bits per heavy atom. The van der Waals surface area contributed by atoms with Crippen molar-refractivity contribution in [1.82, 2.24) is 0 Å². The molecule has 0 bridgehead atoms. The Hall–Kier alpha value is -0.220. The maximum atomic E-state index is 5.37. The van der Waals surface area contributed by atoms with Crippen LogP contribution in [0, 0.1) is 0 Å². The van der Waals surface area contributed by atoms with Crippen molar-refractivity contribution in [2.75, 3.05) is 0 Å². The van der Waals surface area contributed by atoms with Gasteiger partial charge in [0.05, 0.1) is 0 Å². The minimum Gasteiger partial charge on any atom is -0.451 e. The first-order valence-electron chi connectivity index (χ1n) is 3.49. The van der Waals surface area contributed by atoms with E-state index in [1.165, 1.54) is 0 Å². The predicted molar refractivity (Wildman–Crippen MR) is 52.6 cm³/mol. The zero-order valence-electron chi connectivity index (χ0n) is 6.30. The van der Waals surface area contributed by atoms with Crippen LogP contribution >= 0.6 is 31.9 Å². The zero-order chi connectivity index (χ0) is 8.72. The van der Waals surface area contributed by atoms with E-state index in [-0.39, 0.29) is 6.29 Å². The molecule has 2 rings (SSSR count).